The van der Waals surface area contributed by atoms with Crippen molar-refractivity contribution in [2.75, 3.05) is 32.6 Å². The molecule has 63 heavy (non-hydrogen) atoms. The predicted octanol–water partition coefficient (Wildman–Crippen LogP) is 7.60. The molecule has 0 aromatic heterocycles. The third-order valence-corrected chi connectivity index (χ3v) is 12.2. The Kier molecular flexibility index (Phi) is 15.1. The highest BCUT2D eigenvalue weighted by molar-refractivity contribution is 7.91. The van der Waals surface area contributed by atoms with Gasteiger partial charge in [0.25, 0.3) is 5.91 Å². The van der Waals surface area contributed by atoms with Crippen molar-refractivity contribution in [3.8, 4) is 23.0 Å². The van der Waals surface area contributed by atoms with Crippen molar-refractivity contribution < 1.29 is 42.0 Å². The molecule has 0 spiro atoms. The van der Waals surface area contributed by atoms with E-state index >= 15 is 0 Å². The first-order chi connectivity index (χ1) is 30.8. The number of carbonyl (C=O) groups is 1. The Morgan fingerprint density at radius 1 is 0.730 bits per heavy atom. The summed E-state index contributed by atoms with van der Waals surface area (Å²) in [6, 6.07) is 47.9. The number of nitrogens with zero attached hydrogens (tertiary/aromatic N) is 1. The normalized spacial score (nSPS) is 15.8. The number of ether oxygens (including phenoxy) is 5. The number of methoxy groups -OCH3 is 1. The number of hydrazine groups is 1. The van der Waals surface area contributed by atoms with E-state index in [4.69, 9.17) is 28.7 Å². The fraction of sp³-hybridized carbons (Fsp3) is 0.240. The molecule has 2 atom stereocenters. The largest absolute Gasteiger partial charge is 0.497 e. The molecule has 1 heterocycles. The Hall–Kier alpha value is -6.67. The SMILES string of the molecule is COc1cccc([C@@H]2OC(c3ccc(OCCCO)cc3)=N[C@]2(CCS(=O)(=O)c2ccccc2)C(=O)NNCCc2ccc(OCc3ccccc3)c(OCc3ccccc3)c2)c1. The molecular weight excluding hydrogens is 819 g/mol. The van der Waals surface area contributed by atoms with Gasteiger partial charge in [-0.25, -0.2) is 18.8 Å². The second-order valence-corrected chi connectivity index (χ2v) is 17.0. The molecule has 0 saturated carbocycles. The molecule has 0 fully saturated rings. The molecule has 0 aliphatic carbocycles. The number of hydrogen-bond acceptors (Lipinski definition) is 11. The molecule has 0 radical (unpaired) electrons. The van der Waals surface area contributed by atoms with Crippen molar-refractivity contribution in [2.45, 2.75) is 49.0 Å². The number of aliphatic hydroxyl groups is 1. The van der Waals surface area contributed by atoms with Crippen LogP contribution in [0.25, 0.3) is 0 Å². The number of aliphatic hydroxyl groups excluding tert-OH is 1. The molecule has 1 aliphatic heterocycles. The molecule has 13 heteroatoms. The maximum absolute atomic E-state index is 14.8. The predicted molar refractivity (Wildman–Crippen MR) is 241 cm³/mol. The van der Waals surface area contributed by atoms with Crippen LogP contribution in [0.2, 0.25) is 0 Å². The molecule has 6 aromatic rings. The van der Waals surface area contributed by atoms with E-state index in [0.717, 1.165) is 16.7 Å². The maximum atomic E-state index is 14.8. The first-order valence-electron chi connectivity index (χ1n) is 20.8. The average Bonchev–Trinajstić information content (AvgIpc) is 3.73. The molecule has 1 amide bonds. The highest BCUT2D eigenvalue weighted by Gasteiger charge is 2.54. The Bertz CT molecular complexity index is 2540. The zero-order valence-corrected chi connectivity index (χ0v) is 35.8. The molecule has 0 unspecified atom stereocenters. The van der Waals surface area contributed by atoms with Crippen LogP contribution in [0.3, 0.4) is 0 Å². The van der Waals surface area contributed by atoms with Crippen molar-refractivity contribution in [1.29, 1.82) is 0 Å². The van der Waals surface area contributed by atoms with Crippen LogP contribution in [-0.2, 0) is 39.0 Å². The molecule has 0 bridgehead atoms. The molecule has 12 nitrogen and oxygen atoms in total. The van der Waals surface area contributed by atoms with Gasteiger partial charge in [0.2, 0.25) is 5.90 Å². The number of carbonyl (C=O) groups excluding carboxylic acids is 1. The first kappa shape index (κ1) is 44.4. The zero-order chi connectivity index (χ0) is 43.9. The summed E-state index contributed by atoms with van der Waals surface area (Å²) in [7, 11) is -2.31. The van der Waals surface area contributed by atoms with Crippen LogP contribution in [0.1, 0.15) is 46.8 Å². The fourth-order valence-corrected chi connectivity index (χ4v) is 8.47. The van der Waals surface area contributed by atoms with E-state index in [0.29, 0.717) is 73.3 Å². The highest BCUT2D eigenvalue weighted by Crippen LogP contribution is 2.44. The number of sulfone groups is 1. The molecular formula is C50H51N3O9S. The van der Waals surface area contributed by atoms with Gasteiger partial charge in [-0.15, -0.1) is 0 Å². The average molecular weight is 870 g/mol. The van der Waals surface area contributed by atoms with E-state index in [2.05, 4.69) is 10.9 Å². The minimum Gasteiger partial charge on any atom is -0.497 e. The highest BCUT2D eigenvalue weighted by atomic mass is 32.2. The minimum absolute atomic E-state index is 0.0105. The summed E-state index contributed by atoms with van der Waals surface area (Å²) >= 11 is 0. The molecule has 7 rings (SSSR count). The van der Waals surface area contributed by atoms with Crippen LogP contribution in [-0.4, -0.2) is 63.5 Å². The van der Waals surface area contributed by atoms with Crippen molar-refractivity contribution in [1.82, 2.24) is 10.9 Å². The molecule has 0 saturated heterocycles. The summed E-state index contributed by atoms with van der Waals surface area (Å²) in [5.41, 5.74) is 8.30. The number of benzene rings is 6. The lowest BCUT2D eigenvalue weighted by molar-refractivity contribution is -0.130. The van der Waals surface area contributed by atoms with E-state index < -0.39 is 33.1 Å². The van der Waals surface area contributed by atoms with Crippen LogP contribution in [0.5, 0.6) is 23.0 Å². The van der Waals surface area contributed by atoms with Gasteiger partial charge in [-0.05, 0) is 89.3 Å². The first-order valence-corrected chi connectivity index (χ1v) is 22.4. The van der Waals surface area contributed by atoms with E-state index in [1.165, 1.54) is 12.1 Å². The Morgan fingerprint density at radius 3 is 2.06 bits per heavy atom. The van der Waals surface area contributed by atoms with Gasteiger partial charge in [0.1, 0.15) is 24.7 Å². The number of aliphatic imine (C=N–C) groups is 1. The van der Waals surface area contributed by atoms with Crippen molar-refractivity contribution >= 4 is 21.6 Å². The van der Waals surface area contributed by atoms with E-state index in [9.17, 15) is 18.3 Å². The van der Waals surface area contributed by atoms with E-state index in [1.54, 1.807) is 73.8 Å². The zero-order valence-electron chi connectivity index (χ0n) is 35.0. The number of nitrogens with one attached hydrogen (secondary N) is 2. The lowest BCUT2D eigenvalue weighted by Gasteiger charge is -2.30. The maximum Gasteiger partial charge on any atom is 0.266 e. The lowest BCUT2D eigenvalue weighted by atomic mass is 9.85. The van der Waals surface area contributed by atoms with Gasteiger partial charge in [-0.2, -0.15) is 0 Å². The van der Waals surface area contributed by atoms with Gasteiger partial charge in [0, 0.05) is 31.6 Å². The van der Waals surface area contributed by atoms with Crippen LogP contribution in [0.15, 0.2) is 168 Å². The second-order valence-electron chi connectivity index (χ2n) is 14.9. The molecule has 1 aliphatic rings. The topological polar surface area (TPSA) is 154 Å². The van der Waals surface area contributed by atoms with Crippen LogP contribution >= 0.6 is 0 Å². The summed E-state index contributed by atoms with van der Waals surface area (Å²) in [6.45, 7) is 1.39. The summed E-state index contributed by atoms with van der Waals surface area (Å²) in [4.78, 5) is 19.9. The van der Waals surface area contributed by atoms with Gasteiger partial charge >= 0.3 is 0 Å². The van der Waals surface area contributed by atoms with Gasteiger partial charge < -0.3 is 28.8 Å². The third kappa shape index (κ3) is 11.6. The van der Waals surface area contributed by atoms with Crippen LogP contribution < -0.4 is 29.8 Å². The lowest BCUT2D eigenvalue weighted by Crippen LogP contribution is -2.53. The van der Waals surface area contributed by atoms with E-state index in [-0.39, 0.29) is 23.8 Å². The molecule has 6 aromatic carbocycles. The summed E-state index contributed by atoms with van der Waals surface area (Å²) in [5, 5.41) is 9.17. The fourth-order valence-electron chi connectivity index (χ4n) is 7.08. The Balaban J connectivity index is 1.14. The Labute approximate surface area is 368 Å². The number of rotatable bonds is 22. The van der Waals surface area contributed by atoms with Crippen molar-refractivity contribution in [3.05, 3.63) is 186 Å². The monoisotopic (exact) mass is 869 g/mol. The van der Waals surface area contributed by atoms with Gasteiger partial charge in [0.05, 0.1) is 24.4 Å². The third-order valence-electron chi connectivity index (χ3n) is 10.5. The second kappa shape index (κ2) is 21.4. The number of amides is 1. The summed E-state index contributed by atoms with van der Waals surface area (Å²) < 4.78 is 58.0. The quantitative estimate of drug-likeness (QED) is 0.0459. The van der Waals surface area contributed by atoms with E-state index in [1.807, 2.05) is 78.9 Å². The Morgan fingerprint density at radius 2 is 1.40 bits per heavy atom. The van der Waals surface area contributed by atoms with Crippen molar-refractivity contribution in [3.63, 3.8) is 0 Å². The molecule has 326 valence electrons. The van der Waals surface area contributed by atoms with Crippen molar-refractivity contribution in [2.24, 2.45) is 4.99 Å². The molecule has 3 N–H and O–H groups in total. The standard InChI is InChI=1S/C50H51N3O9S/c1-58-43-18-11-17-41(34-43)47-50(28-32-63(56,57)44-19-9-4-10-20-44,52-48(62-47)40-22-24-42(25-23-40)59-31-12-30-54)49(55)53-51-29-27-37-21-26-45(60-35-38-13-5-2-6-14-38)46(33-37)61-36-39-15-7-3-8-16-39/h2-11,13-26,33-34,47,51,54H,12,27-32,35-36H2,1H3,(H,53,55)/t47-,50-/m0/s1. The van der Waals surface area contributed by atoms with Gasteiger partial charge in [-0.3, -0.25) is 10.2 Å². The van der Waals surface area contributed by atoms with Gasteiger partial charge in [0.15, 0.2) is 33.0 Å². The summed E-state index contributed by atoms with van der Waals surface area (Å²) in [5.74, 6) is 1.50. The minimum atomic E-state index is -3.85. The summed E-state index contributed by atoms with van der Waals surface area (Å²) in [6.07, 6.45) is -0.271. The van der Waals surface area contributed by atoms with Gasteiger partial charge in [-0.1, -0.05) is 97.1 Å². The van der Waals surface area contributed by atoms with Crippen LogP contribution in [0, 0.1) is 0 Å². The number of hydrogen-bond donors (Lipinski definition) is 3. The smallest absolute Gasteiger partial charge is 0.266 e. The van der Waals surface area contributed by atoms with Crippen LogP contribution in [0.4, 0.5) is 0 Å².